The van der Waals surface area contributed by atoms with Gasteiger partial charge in [0.25, 0.3) is 0 Å². The molecular weight excluding hydrogens is 892 g/mol. The Labute approximate surface area is 361 Å². The molecule has 1 aliphatic heterocycles. The fraction of sp³-hybridized carbons (Fsp3) is 0.308. The average molecular weight is 950 g/mol. The van der Waals surface area contributed by atoms with E-state index in [0.29, 0.717) is 11.5 Å². The van der Waals surface area contributed by atoms with Crippen LogP contribution in [0.15, 0.2) is 109 Å². The second-order valence-electron chi connectivity index (χ2n) is 19.6. The van der Waals surface area contributed by atoms with Crippen molar-refractivity contribution in [2.45, 2.75) is 105 Å². The van der Waals surface area contributed by atoms with E-state index < -0.39 is 0 Å². The van der Waals surface area contributed by atoms with E-state index in [1.165, 1.54) is 22.4 Å². The Morgan fingerprint density at radius 3 is 1.86 bits per heavy atom. The number of pyridine rings is 1. The van der Waals surface area contributed by atoms with E-state index in [4.69, 9.17) is 9.72 Å². The summed E-state index contributed by atoms with van der Waals surface area (Å²) in [6.07, 6.45) is 1.91. The topological polar surface area (TPSA) is 33.5 Å². The van der Waals surface area contributed by atoms with Crippen LogP contribution >= 0.6 is 0 Å². The maximum absolute atomic E-state index is 6.80. The van der Waals surface area contributed by atoms with E-state index in [1.54, 1.807) is 0 Å². The number of rotatable bonds is 5. The van der Waals surface area contributed by atoms with Gasteiger partial charge in [-0.05, 0) is 80.1 Å². The molecule has 0 saturated carbocycles. The van der Waals surface area contributed by atoms with Crippen LogP contribution in [-0.4, -0.2) is 9.55 Å². The first-order chi connectivity index (χ1) is 26.8. The minimum atomic E-state index is -0.148. The smallest absolute Gasteiger partial charge is 0.135 e. The molecule has 3 heterocycles. The second-order valence-corrected chi connectivity index (χ2v) is 19.6. The SMILES string of the molecule is CC(C)(C)c1cc(Oc2[c-]c3c(cc2)c2ccccc2n3-c2cc(C(C)(C)C)ccn2)[c-]c(N2[CH-]N(c3cc(C(C)(C)C)ccc3C(C)(C)C)c3ccccc32)c1.[2HH].[Pt]. The molecule has 0 amide bonds. The molecule has 0 bridgehead atoms. The van der Waals surface area contributed by atoms with Crippen molar-refractivity contribution >= 4 is 44.6 Å². The van der Waals surface area contributed by atoms with E-state index in [0.717, 1.165) is 50.2 Å². The molecule has 5 aromatic carbocycles. The van der Waals surface area contributed by atoms with Gasteiger partial charge in [0.2, 0.25) is 0 Å². The van der Waals surface area contributed by atoms with Crippen molar-refractivity contribution in [2.75, 3.05) is 9.80 Å². The summed E-state index contributed by atoms with van der Waals surface area (Å²) in [7, 11) is 0. The van der Waals surface area contributed by atoms with E-state index in [-0.39, 0.29) is 44.2 Å². The number of nitrogens with zero attached hydrogens (tertiary/aromatic N) is 4. The molecule has 0 fully saturated rings. The van der Waals surface area contributed by atoms with Crippen LogP contribution in [0.3, 0.4) is 0 Å². The first-order valence-corrected chi connectivity index (χ1v) is 20.1. The van der Waals surface area contributed by atoms with Crippen molar-refractivity contribution in [3.63, 3.8) is 0 Å². The summed E-state index contributed by atoms with van der Waals surface area (Å²) in [5.41, 5.74) is 11.1. The van der Waals surface area contributed by atoms with Crippen LogP contribution < -0.4 is 14.5 Å². The summed E-state index contributed by atoms with van der Waals surface area (Å²) < 4.78 is 9.01. The van der Waals surface area contributed by atoms with Gasteiger partial charge in [0.05, 0.1) is 0 Å². The van der Waals surface area contributed by atoms with Gasteiger partial charge >= 0.3 is 0 Å². The third kappa shape index (κ3) is 7.71. The molecule has 304 valence electrons. The van der Waals surface area contributed by atoms with Crippen LogP contribution in [0, 0.1) is 18.8 Å². The van der Waals surface area contributed by atoms with Gasteiger partial charge in [0, 0.05) is 62.8 Å². The second kappa shape index (κ2) is 14.8. The van der Waals surface area contributed by atoms with Gasteiger partial charge in [-0.3, -0.25) is 0 Å². The van der Waals surface area contributed by atoms with Crippen LogP contribution in [0.25, 0.3) is 27.6 Å². The molecule has 0 atom stereocenters. The molecule has 0 saturated heterocycles. The number of benzene rings is 5. The summed E-state index contributed by atoms with van der Waals surface area (Å²) in [4.78, 5) is 9.48. The van der Waals surface area contributed by atoms with Gasteiger partial charge < -0.3 is 19.1 Å². The third-order valence-electron chi connectivity index (χ3n) is 11.1. The predicted molar refractivity (Wildman–Crippen MR) is 241 cm³/mol. The van der Waals surface area contributed by atoms with Crippen LogP contribution in [0.5, 0.6) is 11.5 Å². The largest absolute Gasteiger partial charge is 0.509 e. The predicted octanol–water partition coefficient (Wildman–Crippen LogP) is 14.4. The summed E-state index contributed by atoms with van der Waals surface area (Å²) in [6.45, 7) is 29.4. The number of aromatic nitrogens is 2. The van der Waals surface area contributed by atoms with Gasteiger partial charge in [0.1, 0.15) is 5.82 Å². The molecule has 0 aliphatic carbocycles. The Balaban J connectivity index is 0.00000293. The minimum Gasteiger partial charge on any atom is -0.509 e. The zero-order chi connectivity index (χ0) is 40.7. The number of ether oxygens (including phenoxy) is 1. The van der Waals surface area contributed by atoms with Crippen molar-refractivity contribution in [1.82, 2.24) is 9.55 Å². The van der Waals surface area contributed by atoms with Gasteiger partial charge in [-0.15, -0.1) is 53.6 Å². The molecule has 0 N–H and O–H groups in total. The number of hydrogen-bond acceptors (Lipinski definition) is 4. The van der Waals surface area contributed by atoms with Crippen molar-refractivity contribution < 1.29 is 27.2 Å². The van der Waals surface area contributed by atoms with E-state index >= 15 is 0 Å². The summed E-state index contributed by atoms with van der Waals surface area (Å²) in [5, 5.41) is 2.25. The first kappa shape index (κ1) is 41.3. The fourth-order valence-corrected chi connectivity index (χ4v) is 7.77. The Morgan fingerprint density at radius 1 is 0.552 bits per heavy atom. The van der Waals surface area contributed by atoms with Crippen LogP contribution in [0.2, 0.25) is 0 Å². The molecular formula is C52H57N4OPt-3. The molecule has 1 aliphatic rings. The minimum absolute atomic E-state index is 0. The molecule has 0 spiro atoms. The first-order valence-electron chi connectivity index (χ1n) is 20.1. The van der Waals surface area contributed by atoms with Crippen molar-refractivity contribution in [3.05, 3.63) is 150 Å². The molecule has 58 heavy (non-hydrogen) atoms. The fourth-order valence-electron chi connectivity index (χ4n) is 7.77. The number of anilines is 4. The van der Waals surface area contributed by atoms with Crippen LogP contribution in [-0.2, 0) is 42.7 Å². The molecule has 2 aromatic heterocycles. The van der Waals surface area contributed by atoms with E-state index in [1.807, 2.05) is 12.3 Å². The van der Waals surface area contributed by atoms with Gasteiger partial charge in [-0.2, -0.15) is 6.07 Å². The monoisotopic (exact) mass is 949 g/mol. The van der Waals surface area contributed by atoms with E-state index in [2.05, 4.69) is 213 Å². The summed E-state index contributed by atoms with van der Waals surface area (Å²) >= 11 is 0. The Kier molecular flexibility index (Phi) is 10.5. The molecule has 0 unspecified atom stereocenters. The van der Waals surface area contributed by atoms with Gasteiger partial charge in [-0.1, -0.05) is 131 Å². The zero-order valence-electron chi connectivity index (χ0n) is 36.0. The molecule has 8 rings (SSSR count). The maximum atomic E-state index is 6.80. The standard InChI is InChI=1S/C52H55N4O.Pt.H2/c1-49(2,3)34-21-24-42(52(10,11)12)47(29-34)55-33-54(44-19-15-16-20-45(44)55)37-27-36(51(7,8)9)28-39(31-37)57-38-22-23-41-40-17-13-14-18-43(40)56(46(41)32-38)48-30-35(25-26-53-48)50(4,5)6;;/h13-30,33H,1-12H3;;1H/q-3;;/i;;1+1. The molecule has 5 nitrogen and oxygen atoms in total. The summed E-state index contributed by atoms with van der Waals surface area (Å²) in [5.74, 6) is 2.12. The Morgan fingerprint density at radius 2 is 1.19 bits per heavy atom. The van der Waals surface area contributed by atoms with Gasteiger partial charge in [0.15, 0.2) is 0 Å². The normalized spacial score (nSPS) is 13.6. The average Bonchev–Trinajstić information content (AvgIpc) is 3.69. The number of fused-ring (bicyclic) bond motifs is 4. The van der Waals surface area contributed by atoms with E-state index in [9.17, 15) is 0 Å². The van der Waals surface area contributed by atoms with Crippen LogP contribution in [0.4, 0.5) is 22.7 Å². The Hall–Kier alpha value is -4.86. The Bertz CT molecular complexity index is 2650. The maximum Gasteiger partial charge on any atom is 0.135 e. The molecule has 0 radical (unpaired) electrons. The summed E-state index contributed by atoms with van der Waals surface area (Å²) in [6, 6.07) is 44.3. The molecule has 7 aromatic rings. The third-order valence-corrected chi connectivity index (χ3v) is 11.1. The number of hydrogen-bond donors (Lipinski definition) is 0. The van der Waals surface area contributed by atoms with Crippen molar-refractivity contribution in [2.24, 2.45) is 0 Å². The zero-order valence-corrected chi connectivity index (χ0v) is 38.3. The van der Waals surface area contributed by atoms with Crippen molar-refractivity contribution in [1.29, 1.82) is 0 Å². The van der Waals surface area contributed by atoms with Crippen molar-refractivity contribution in [3.8, 4) is 17.3 Å². The molecule has 6 heteroatoms. The van der Waals surface area contributed by atoms with Crippen LogP contribution in [0.1, 0.15) is 107 Å². The number of para-hydroxylation sites is 3. The van der Waals surface area contributed by atoms with Gasteiger partial charge in [-0.25, -0.2) is 4.98 Å². The quantitative estimate of drug-likeness (QED) is 0.161.